The summed E-state index contributed by atoms with van der Waals surface area (Å²) >= 11 is 0. The summed E-state index contributed by atoms with van der Waals surface area (Å²) in [6.07, 6.45) is 0. The first-order valence-electron chi connectivity index (χ1n) is 7.20. The van der Waals surface area contributed by atoms with Gasteiger partial charge in [0.15, 0.2) is 16.3 Å². The number of benzene rings is 1. The lowest BCUT2D eigenvalue weighted by atomic mass is 10.1. The smallest absolute Gasteiger partial charge is 0.268 e. The predicted molar refractivity (Wildman–Crippen MR) is 86.6 cm³/mol. The van der Waals surface area contributed by atoms with Gasteiger partial charge < -0.3 is 14.6 Å². The Labute approximate surface area is 139 Å². The Bertz CT molecular complexity index is 911. The molecule has 0 radical (unpaired) electrons. The van der Waals surface area contributed by atoms with Crippen molar-refractivity contribution in [3.05, 3.63) is 29.7 Å². The fraction of sp³-hybridized carbons (Fsp3) is 0.333. The van der Waals surface area contributed by atoms with E-state index in [2.05, 4.69) is 15.2 Å². The number of hydrogen-bond acceptors (Lipinski definition) is 6. The zero-order valence-corrected chi connectivity index (χ0v) is 14.4. The summed E-state index contributed by atoms with van der Waals surface area (Å²) in [5.41, 5.74) is 0.0366. The molecule has 24 heavy (non-hydrogen) atoms. The van der Waals surface area contributed by atoms with Gasteiger partial charge in [-0.05, 0) is 39.8 Å². The summed E-state index contributed by atoms with van der Waals surface area (Å²) in [6, 6.07) is 4.64. The third-order valence-electron chi connectivity index (χ3n) is 3.63. The van der Waals surface area contributed by atoms with E-state index >= 15 is 0 Å². The van der Waals surface area contributed by atoms with E-state index in [4.69, 9.17) is 9.26 Å². The van der Waals surface area contributed by atoms with E-state index in [-0.39, 0.29) is 22.3 Å². The molecule has 2 N–H and O–H groups in total. The summed E-state index contributed by atoms with van der Waals surface area (Å²) in [5, 5.41) is 6.38. The predicted octanol–water partition coefficient (Wildman–Crippen LogP) is 2.20. The van der Waals surface area contributed by atoms with Crippen molar-refractivity contribution in [2.24, 2.45) is 0 Å². The largest absolute Gasteiger partial charge is 0.476 e. The lowest BCUT2D eigenvalue weighted by Gasteiger charge is -2.31. The zero-order valence-electron chi connectivity index (χ0n) is 13.6. The Hall–Kier alpha value is -2.55. The topological polar surface area (TPSA) is 111 Å². The summed E-state index contributed by atoms with van der Waals surface area (Å²) in [7, 11) is -3.85. The number of nitrogens with zero attached hydrogens (tertiary/aromatic N) is 1. The molecule has 1 aliphatic heterocycles. The van der Waals surface area contributed by atoms with Gasteiger partial charge in [-0.25, -0.2) is 8.42 Å². The quantitative estimate of drug-likeness (QED) is 0.877. The standard InChI is InChI=1S/C15H17N3O5S/c1-8-13(9(2)23-17-8)24(20,21)18-10-5-6-11-12(7-10)22-15(3,4)14(19)16-11/h5-7,18H,1-4H3,(H,16,19). The highest BCUT2D eigenvalue weighted by Gasteiger charge is 2.35. The molecule has 1 aliphatic rings. The minimum Gasteiger partial charge on any atom is -0.476 e. The molecule has 128 valence electrons. The van der Waals surface area contributed by atoms with Crippen molar-refractivity contribution in [3.8, 4) is 5.75 Å². The van der Waals surface area contributed by atoms with Crippen LogP contribution in [0.5, 0.6) is 5.75 Å². The van der Waals surface area contributed by atoms with Gasteiger partial charge in [0, 0.05) is 6.07 Å². The van der Waals surface area contributed by atoms with Crippen LogP contribution < -0.4 is 14.8 Å². The van der Waals surface area contributed by atoms with Gasteiger partial charge >= 0.3 is 0 Å². The molecule has 0 aliphatic carbocycles. The third-order valence-corrected chi connectivity index (χ3v) is 5.26. The molecule has 0 atom stereocenters. The Morgan fingerprint density at radius 2 is 1.96 bits per heavy atom. The lowest BCUT2D eigenvalue weighted by Crippen LogP contribution is -2.45. The van der Waals surface area contributed by atoms with E-state index in [1.807, 2.05) is 0 Å². The number of carbonyl (C=O) groups excluding carboxylic acids is 1. The van der Waals surface area contributed by atoms with Crippen LogP contribution in [0.4, 0.5) is 11.4 Å². The van der Waals surface area contributed by atoms with Crippen LogP contribution in [0.25, 0.3) is 0 Å². The average Bonchev–Trinajstić information content (AvgIpc) is 2.79. The number of carbonyl (C=O) groups is 1. The maximum atomic E-state index is 12.5. The van der Waals surface area contributed by atoms with Crippen molar-refractivity contribution >= 4 is 27.3 Å². The van der Waals surface area contributed by atoms with Crippen LogP contribution in [-0.4, -0.2) is 25.1 Å². The van der Waals surface area contributed by atoms with Crippen molar-refractivity contribution in [2.75, 3.05) is 10.0 Å². The molecule has 1 amide bonds. The highest BCUT2D eigenvalue weighted by molar-refractivity contribution is 7.92. The van der Waals surface area contributed by atoms with Crippen molar-refractivity contribution in [3.63, 3.8) is 0 Å². The highest BCUT2D eigenvalue weighted by Crippen LogP contribution is 2.36. The van der Waals surface area contributed by atoms with Gasteiger partial charge in [-0.3, -0.25) is 9.52 Å². The van der Waals surface area contributed by atoms with Crippen molar-refractivity contribution in [2.45, 2.75) is 38.2 Å². The van der Waals surface area contributed by atoms with Gasteiger partial charge in [0.05, 0.1) is 11.4 Å². The van der Waals surface area contributed by atoms with Crippen LogP contribution in [0.2, 0.25) is 0 Å². The molecule has 2 aromatic rings. The number of sulfonamides is 1. The molecule has 1 aromatic heterocycles. The van der Waals surface area contributed by atoms with E-state index in [0.29, 0.717) is 17.1 Å². The maximum absolute atomic E-state index is 12.5. The number of aromatic nitrogens is 1. The first kappa shape index (κ1) is 16.3. The van der Waals surface area contributed by atoms with Gasteiger partial charge in [0.2, 0.25) is 0 Å². The molecule has 9 heteroatoms. The monoisotopic (exact) mass is 351 g/mol. The molecule has 1 aromatic carbocycles. The van der Waals surface area contributed by atoms with Crippen molar-refractivity contribution < 1.29 is 22.5 Å². The van der Waals surface area contributed by atoms with Crippen LogP contribution in [0.1, 0.15) is 25.3 Å². The van der Waals surface area contributed by atoms with Crippen LogP contribution in [0, 0.1) is 13.8 Å². The number of amides is 1. The molecule has 0 spiro atoms. The average molecular weight is 351 g/mol. The molecular weight excluding hydrogens is 334 g/mol. The Morgan fingerprint density at radius 3 is 2.58 bits per heavy atom. The summed E-state index contributed by atoms with van der Waals surface area (Å²) in [4.78, 5) is 11.9. The Morgan fingerprint density at radius 1 is 1.25 bits per heavy atom. The number of anilines is 2. The number of hydrogen-bond donors (Lipinski definition) is 2. The molecule has 0 bridgehead atoms. The number of ether oxygens (including phenoxy) is 1. The van der Waals surface area contributed by atoms with E-state index in [0.717, 1.165) is 0 Å². The summed E-state index contributed by atoms with van der Waals surface area (Å²) in [5.74, 6) is 0.334. The van der Waals surface area contributed by atoms with E-state index in [1.165, 1.54) is 19.1 Å². The van der Waals surface area contributed by atoms with Gasteiger partial charge in [-0.1, -0.05) is 5.16 Å². The maximum Gasteiger partial charge on any atom is 0.268 e. The molecule has 0 saturated heterocycles. The molecule has 0 fully saturated rings. The Kier molecular flexibility index (Phi) is 3.56. The van der Waals surface area contributed by atoms with Crippen molar-refractivity contribution in [1.29, 1.82) is 0 Å². The van der Waals surface area contributed by atoms with Crippen LogP contribution in [0.15, 0.2) is 27.6 Å². The minimum absolute atomic E-state index is 0.00905. The molecule has 8 nitrogen and oxygen atoms in total. The van der Waals surface area contributed by atoms with E-state index < -0.39 is 15.6 Å². The van der Waals surface area contributed by atoms with Crippen LogP contribution in [-0.2, 0) is 14.8 Å². The number of aryl methyl sites for hydroxylation is 2. The van der Waals surface area contributed by atoms with Gasteiger partial charge in [0.25, 0.3) is 15.9 Å². The fourth-order valence-corrected chi connectivity index (χ4v) is 3.81. The summed E-state index contributed by atoms with van der Waals surface area (Å²) < 4.78 is 38.1. The Balaban J connectivity index is 1.94. The molecule has 3 rings (SSSR count). The summed E-state index contributed by atoms with van der Waals surface area (Å²) in [6.45, 7) is 6.35. The number of rotatable bonds is 3. The first-order valence-corrected chi connectivity index (χ1v) is 8.69. The highest BCUT2D eigenvalue weighted by atomic mass is 32.2. The second-order valence-corrected chi connectivity index (χ2v) is 7.66. The van der Waals surface area contributed by atoms with Gasteiger partial charge in [0.1, 0.15) is 11.4 Å². The second kappa shape index (κ2) is 5.23. The third kappa shape index (κ3) is 2.71. The normalized spacial score (nSPS) is 16.1. The van der Waals surface area contributed by atoms with Gasteiger partial charge in [-0.2, -0.15) is 0 Å². The fourth-order valence-electron chi connectivity index (χ4n) is 2.43. The van der Waals surface area contributed by atoms with Crippen LogP contribution >= 0.6 is 0 Å². The van der Waals surface area contributed by atoms with Gasteiger partial charge in [-0.15, -0.1) is 0 Å². The number of nitrogens with one attached hydrogen (secondary N) is 2. The number of fused-ring (bicyclic) bond motifs is 1. The molecule has 2 heterocycles. The molecular formula is C15H17N3O5S. The van der Waals surface area contributed by atoms with E-state index in [9.17, 15) is 13.2 Å². The van der Waals surface area contributed by atoms with Crippen LogP contribution in [0.3, 0.4) is 0 Å². The minimum atomic E-state index is -3.85. The first-order chi connectivity index (χ1) is 11.1. The molecule has 0 saturated carbocycles. The SMILES string of the molecule is Cc1noc(C)c1S(=O)(=O)Nc1ccc2c(c1)OC(C)(C)C(=O)N2. The lowest BCUT2D eigenvalue weighted by molar-refractivity contribution is -0.129. The zero-order chi connectivity index (χ0) is 17.7. The second-order valence-electron chi connectivity index (χ2n) is 6.04. The van der Waals surface area contributed by atoms with Crippen molar-refractivity contribution in [1.82, 2.24) is 5.16 Å². The van der Waals surface area contributed by atoms with E-state index in [1.54, 1.807) is 26.8 Å². The molecule has 0 unspecified atom stereocenters.